The second kappa shape index (κ2) is 8.91. The lowest BCUT2D eigenvalue weighted by molar-refractivity contribution is -0.0498. The molecule has 1 aromatic carbocycles. The topological polar surface area (TPSA) is 85.3 Å². The van der Waals surface area contributed by atoms with Crippen LogP contribution in [0, 0.1) is 5.95 Å². The first kappa shape index (κ1) is 19.8. The van der Waals surface area contributed by atoms with Gasteiger partial charge in [-0.1, -0.05) is 12.1 Å². The second-order valence-electron chi connectivity index (χ2n) is 6.33. The summed E-state index contributed by atoms with van der Waals surface area (Å²) < 4.78 is 48.2. The van der Waals surface area contributed by atoms with Gasteiger partial charge in [0.05, 0.1) is 19.4 Å². The predicted octanol–water partition coefficient (Wildman–Crippen LogP) is 3.25. The molecule has 2 aromatic heterocycles. The molecule has 30 heavy (non-hydrogen) atoms. The lowest BCUT2D eigenvalue weighted by atomic mass is 10.1. The molecule has 1 saturated heterocycles. The van der Waals surface area contributed by atoms with E-state index in [1.54, 1.807) is 18.2 Å². The van der Waals surface area contributed by atoms with E-state index in [0.29, 0.717) is 37.7 Å². The number of alkyl halides is 2. The van der Waals surface area contributed by atoms with Crippen LogP contribution in [-0.4, -0.2) is 53.1 Å². The standard InChI is InChI=1S/C19H17F3N6O2/c20-15-10-16(26-19(24-15)28-5-7-29-8-6-28)25-17-9-13(11-23-27-17)12-1-3-14(4-2-12)30-18(21)22/h1-4,9-11,18H,5-8H2,(H,24,25,26,27). The fourth-order valence-corrected chi connectivity index (χ4v) is 2.92. The molecule has 1 N–H and O–H groups in total. The largest absolute Gasteiger partial charge is 0.435 e. The molecule has 8 nitrogen and oxygen atoms in total. The van der Waals surface area contributed by atoms with Crippen LogP contribution in [0.3, 0.4) is 0 Å². The third kappa shape index (κ3) is 4.92. The van der Waals surface area contributed by atoms with E-state index in [9.17, 15) is 13.2 Å². The van der Waals surface area contributed by atoms with Crippen molar-refractivity contribution in [3.63, 3.8) is 0 Å². The van der Waals surface area contributed by atoms with Crippen LogP contribution in [0.15, 0.2) is 42.6 Å². The Morgan fingerprint density at radius 3 is 2.50 bits per heavy atom. The fraction of sp³-hybridized carbons (Fsp3) is 0.263. The minimum absolute atomic E-state index is 0.0567. The lowest BCUT2D eigenvalue weighted by Gasteiger charge is -2.26. The number of benzene rings is 1. The maximum absolute atomic E-state index is 14.0. The second-order valence-corrected chi connectivity index (χ2v) is 6.33. The molecule has 0 amide bonds. The Bertz CT molecular complexity index is 1000. The van der Waals surface area contributed by atoms with Gasteiger partial charge in [-0.15, -0.1) is 5.10 Å². The summed E-state index contributed by atoms with van der Waals surface area (Å²) in [7, 11) is 0. The average Bonchev–Trinajstić information content (AvgIpc) is 2.74. The van der Waals surface area contributed by atoms with Crippen LogP contribution in [0.4, 0.5) is 30.8 Å². The molecule has 1 aliphatic heterocycles. The van der Waals surface area contributed by atoms with Gasteiger partial charge in [-0.05, 0) is 23.8 Å². The Morgan fingerprint density at radius 2 is 1.77 bits per heavy atom. The van der Waals surface area contributed by atoms with E-state index < -0.39 is 12.6 Å². The molecular formula is C19H17F3N6O2. The van der Waals surface area contributed by atoms with Crippen LogP contribution >= 0.6 is 0 Å². The molecule has 0 unspecified atom stereocenters. The van der Waals surface area contributed by atoms with Crippen molar-refractivity contribution in [2.24, 2.45) is 0 Å². The highest BCUT2D eigenvalue weighted by Gasteiger charge is 2.16. The number of ether oxygens (including phenoxy) is 2. The Hall–Kier alpha value is -3.47. The molecule has 4 rings (SSSR count). The monoisotopic (exact) mass is 418 g/mol. The summed E-state index contributed by atoms with van der Waals surface area (Å²) in [6, 6.07) is 8.96. The van der Waals surface area contributed by atoms with Crippen LogP contribution in [0.25, 0.3) is 11.1 Å². The number of nitrogens with zero attached hydrogens (tertiary/aromatic N) is 5. The molecule has 156 valence electrons. The highest BCUT2D eigenvalue weighted by atomic mass is 19.3. The quantitative estimate of drug-likeness (QED) is 0.611. The van der Waals surface area contributed by atoms with Gasteiger partial charge in [0, 0.05) is 24.7 Å². The zero-order valence-corrected chi connectivity index (χ0v) is 15.6. The summed E-state index contributed by atoms with van der Waals surface area (Å²) >= 11 is 0. The van der Waals surface area contributed by atoms with E-state index in [1.165, 1.54) is 18.3 Å². The number of aromatic nitrogens is 4. The van der Waals surface area contributed by atoms with Crippen LogP contribution < -0.4 is 15.0 Å². The van der Waals surface area contributed by atoms with Gasteiger partial charge in [0.1, 0.15) is 11.6 Å². The zero-order chi connectivity index (χ0) is 20.9. The summed E-state index contributed by atoms with van der Waals surface area (Å²) in [6.45, 7) is -0.688. The third-order valence-corrected chi connectivity index (χ3v) is 4.30. The number of anilines is 3. The van der Waals surface area contributed by atoms with E-state index >= 15 is 0 Å². The van der Waals surface area contributed by atoms with Gasteiger partial charge in [0.15, 0.2) is 5.82 Å². The SMILES string of the molecule is Fc1cc(Nc2cc(-c3ccc(OC(F)F)cc3)cnn2)nc(N2CCOCC2)n1. The van der Waals surface area contributed by atoms with E-state index in [1.807, 2.05) is 4.90 Å². The molecule has 3 aromatic rings. The van der Waals surface area contributed by atoms with Crippen molar-refractivity contribution in [3.05, 3.63) is 48.5 Å². The average molecular weight is 418 g/mol. The van der Waals surface area contributed by atoms with E-state index in [2.05, 4.69) is 30.2 Å². The number of hydrogen-bond donors (Lipinski definition) is 1. The number of morpholine rings is 1. The van der Waals surface area contributed by atoms with E-state index in [4.69, 9.17) is 4.74 Å². The summed E-state index contributed by atoms with van der Waals surface area (Å²) in [5, 5.41) is 10.8. The van der Waals surface area contributed by atoms with Crippen molar-refractivity contribution in [2.45, 2.75) is 6.61 Å². The van der Waals surface area contributed by atoms with Gasteiger partial charge >= 0.3 is 6.61 Å². The van der Waals surface area contributed by atoms with E-state index in [-0.39, 0.29) is 17.5 Å². The molecule has 3 heterocycles. The molecule has 0 bridgehead atoms. The molecule has 0 atom stereocenters. The summed E-state index contributed by atoms with van der Waals surface area (Å²) in [5.74, 6) is 0.219. The maximum Gasteiger partial charge on any atom is 0.387 e. The Morgan fingerprint density at radius 1 is 1.00 bits per heavy atom. The summed E-state index contributed by atoms with van der Waals surface area (Å²) in [5.41, 5.74) is 1.40. The highest BCUT2D eigenvalue weighted by Crippen LogP contribution is 2.25. The molecule has 0 aliphatic carbocycles. The van der Waals surface area contributed by atoms with Crippen molar-refractivity contribution in [3.8, 4) is 16.9 Å². The van der Waals surface area contributed by atoms with Crippen LogP contribution in [0.1, 0.15) is 0 Å². The molecule has 1 aliphatic rings. The van der Waals surface area contributed by atoms with Gasteiger partial charge in [-0.2, -0.15) is 28.2 Å². The maximum atomic E-state index is 14.0. The minimum Gasteiger partial charge on any atom is -0.435 e. The fourth-order valence-electron chi connectivity index (χ4n) is 2.92. The van der Waals surface area contributed by atoms with Gasteiger partial charge in [-0.25, -0.2) is 0 Å². The Balaban J connectivity index is 1.52. The molecular weight excluding hydrogens is 401 g/mol. The van der Waals surface area contributed by atoms with E-state index in [0.717, 1.165) is 11.6 Å². The van der Waals surface area contributed by atoms with Crippen molar-refractivity contribution >= 4 is 17.6 Å². The van der Waals surface area contributed by atoms with Crippen molar-refractivity contribution in [1.82, 2.24) is 20.2 Å². The van der Waals surface area contributed by atoms with Gasteiger partial charge < -0.3 is 19.7 Å². The number of nitrogens with one attached hydrogen (secondary N) is 1. The molecule has 11 heteroatoms. The van der Waals surface area contributed by atoms with Gasteiger partial charge in [0.25, 0.3) is 0 Å². The number of hydrogen-bond acceptors (Lipinski definition) is 8. The van der Waals surface area contributed by atoms with Crippen LogP contribution in [0.2, 0.25) is 0 Å². The first-order valence-electron chi connectivity index (χ1n) is 9.09. The van der Waals surface area contributed by atoms with Crippen LogP contribution in [0.5, 0.6) is 5.75 Å². The van der Waals surface area contributed by atoms with Gasteiger partial charge in [-0.3, -0.25) is 0 Å². The summed E-state index contributed by atoms with van der Waals surface area (Å²) in [6.07, 6.45) is 1.52. The normalized spacial score (nSPS) is 14.1. The lowest BCUT2D eigenvalue weighted by Crippen LogP contribution is -2.37. The minimum atomic E-state index is -2.88. The smallest absolute Gasteiger partial charge is 0.387 e. The van der Waals surface area contributed by atoms with Gasteiger partial charge in [0.2, 0.25) is 11.9 Å². The predicted molar refractivity (Wildman–Crippen MR) is 102 cm³/mol. The van der Waals surface area contributed by atoms with Crippen molar-refractivity contribution in [2.75, 3.05) is 36.5 Å². The van der Waals surface area contributed by atoms with Crippen molar-refractivity contribution < 1.29 is 22.6 Å². The highest BCUT2D eigenvalue weighted by molar-refractivity contribution is 5.67. The Kier molecular flexibility index (Phi) is 5.89. The zero-order valence-electron chi connectivity index (χ0n) is 15.6. The Labute approximate surface area is 169 Å². The third-order valence-electron chi connectivity index (χ3n) is 4.30. The number of halogens is 3. The summed E-state index contributed by atoms with van der Waals surface area (Å²) in [4.78, 5) is 10.0. The first-order valence-corrected chi connectivity index (χ1v) is 9.09. The van der Waals surface area contributed by atoms with Crippen molar-refractivity contribution in [1.29, 1.82) is 0 Å². The first-order chi connectivity index (χ1) is 14.6. The molecule has 0 saturated carbocycles. The molecule has 1 fully saturated rings. The van der Waals surface area contributed by atoms with Crippen LogP contribution in [-0.2, 0) is 4.74 Å². The number of rotatable bonds is 6. The molecule has 0 spiro atoms. The molecule has 0 radical (unpaired) electrons.